The van der Waals surface area contributed by atoms with E-state index in [9.17, 15) is 19.8 Å². The fourth-order valence-electron chi connectivity index (χ4n) is 2.56. The van der Waals surface area contributed by atoms with Gasteiger partial charge in [0, 0.05) is 11.6 Å². The van der Waals surface area contributed by atoms with Gasteiger partial charge in [-0.1, -0.05) is 29.8 Å². The van der Waals surface area contributed by atoms with Crippen LogP contribution in [0.5, 0.6) is 0 Å². The van der Waals surface area contributed by atoms with Gasteiger partial charge in [-0.15, -0.1) is 0 Å². The summed E-state index contributed by atoms with van der Waals surface area (Å²) in [6.45, 7) is 0. The molecule has 0 aliphatic rings. The number of nitrogens with zero attached hydrogens (tertiary/aromatic N) is 3. The van der Waals surface area contributed by atoms with E-state index in [0.717, 1.165) is 0 Å². The Bertz CT molecular complexity index is 1080. The first kappa shape index (κ1) is 17.3. The van der Waals surface area contributed by atoms with Crippen molar-refractivity contribution in [3.05, 3.63) is 75.0 Å². The highest BCUT2D eigenvalue weighted by atomic mass is 35.5. The number of nitrogen functional groups attached to an aromatic ring is 1. The molecule has 0 atom stereocenters. The van der Waals surface area contributed by atoms with Crippen LogP contribution in [-0.2, 0) is 0 Å². The van der Waals surface area contributed by atoms with Gasteiger partial charge in [-0.25, -0.2) is 9.37 Å². The van der Waals surface area contributed by atoms with Crippen molar-refractivity contribution < 1.29 is 9.31 Å². The molecule has 0 saturated carbocycles. The Morgan fingerprint density at radius 2 is 1.92 bits per heavy atom. The molecule has 128 valence electrons. The fraction of sp³-hybridized carbons (Fsp3) is 0. The number of nitriles is 1. The van der Waals surface area contributed by atoms with Crippen molar-refractivity contribution in [2.45, 2.75) is 0 Å². The molecule has 0 amide bonds. The Kier molecular flexibility index (Phi) is 4.52. The van der Waals surface area contributed by atoms with E-state index < -0.39 is 10.7 Å². The molecule has 2 N–H and O–H groups in total. The zero-order chi connectivity index (χ0) is 18.8. The molecule has 0 saturated heterocycles. The highest BCUT2D eigenvalue weighted by Gasteiger charge is 2.19. The van der Waals surface area contributed by atoms with E-state index in [1.54, 1.807) is 6.07 Å². The monoisotopic (exact) mass is 368 g/mol. The van der Waals surface area contributed by atoms with E-state index in [-0.39, 0.29) is 33.3 Å². The van der Waals surface area contributed by atoms with Crippen LogP contribution < -0.4 is 5.73 Å². The number of nitro groups is 1. The second-order valence-electron chi connectivity index (χ2n) is 5.33. The van der Waals surface area contributed by atoms with Gasteiger partial charge in [0.15, 0.2) is 0 Å². The summed E-state index contributed by atoms with van der Waals surface area (Å²) in [4.78, 5) is 14.8. The van der Waals surface area contributed by atoms with Gasteiger partial charge in [0.1, 0.15) is 23.3 Å². The normalized spacial score (nSPS) is 10.3. The van der Waals surface area contributed by atoms with Gasteiger partial charge >= 0.3 is 0 Å². The van der Waals surface area contributed by atoms with Crippen molar-refractivity contribution in [3.8, 4) is 28.5 Å². The molecule has 0 fully saturated rings. The highest BCUT2D eigenvalue weighted by Crippen LogP contribution is 2.35. The molecule has 0 radical (unpaired) electrons. The number of hydrogen-bond donors (Lipinski definition) is 1. The van der Waals surface area contributed by atoms with Crippen LogP contribution >= 0.6 is 11.6 Å². The van der Waals surface area contributed by atoms with Crippen LogP contribution in [-0.4, -0.2) is 9.91 Å². The molecule has 0 unspecified atom stereocenters. The molecule has 0 aliphatic carbocycles. The van der Waals surface area contributed by atoms with Crippen LogP contribution in [0.2, 0.25) is 5.02 Å². The van der Waals surface area contributed by atoms with Crippen molar-refractivity contribution in [2.75, 3.05) is 5.73 Å². The lowest BCUT2D eigenvalue weighted by molar-refractivity contribution is -0.384. The predicted octanol–water partition coefficient (Wildman–Crippen LogP) is 4.57. The molecule has 1 aromatic heterocycles. The van der Waals surface area contributed by atoms with Crippen LogP contribution in [0.25, 0.3) is 22.4 Å². The van der Waals surface area contributed by atoms with E-state index >= 15 is 0 Å². The molecule has 3 rings (SSSR count). The summed E-state index contributed by atoms with van der Waals surface area (Å²) in [5.74, 6) is -0.760. The third-order valence-corrected chi connectivity index (χ3v) is 4.07. The van der Waals surface area contributed by atoms with E-state index in [2.05, 4.69) is 4.98 Å². The average Bonchev–Trinajstić information content (AvgIpc) is 2.63. The first-order valence-corrected chi connectivity index (χ1v) is 7.70. The van der Waals surface area contributed by atoms with Crippen molar-refractivity contribution >= 4 is 23.1 Å². The molecule has 1 heterocycles. The number of nitro benzene ring substituents is 1. The zero-order valence-electron chi connectivity index (χ0n) is 13.1. The predicted molar refractivity (Wildman–Crippen MR) is 95.9 cm³/mol. The lowest BCUT2D eigenvalue weighted by Crippen LogP contribution is -2.01. The summed E-state index contributed by atoms with van der Waals surface area (Å²) in [5, 5.41) is 20.6. The van der Waals surface area contributed by atoms with Gasteiger partial charge in [0.2, 0.25) is 0 Å². The summed E-state index contributed by atoms with van der Waals surface area (Å²) >= 11 is 5.70. The second-order valence-corrected chi connectivity index (χ2v) is 5.74. The first-order chi connectivity index (χ1) is 12.4. The van der Waals surface area contributed by atoms with Crippen LogP contribution in [0, 0.1) is 27.3 Å². The smallest absolute Gasteiger partial charge is 0.278 e. The van der Waals surface area contributed by atoms with Crippen LogP contribution in [0.4, 0.5) is 15.9 Å². The zero-order valence-corrected chi connectivity index (χ0v) is 13.9. The Morgan fingerprint density at radius 1 is 1.19 bits per heavy atom. The lowest BCUT2D eigenvalue weighted by Gasteiger charge is -2.11. The third-order valence-electron chi connectivity index (χ3n) is 3.77. The summed E-state index contributed by atoms with van der Waals surface area (Å²) in [5.41, 5.74) is 6.89. The Morgan fingerprint density at radius 3 is 2.58 bits per heavy atom. The lowest BCUT2D eigenvalue weighted by atomic mass is 9.98. The molecule has 8 heteroatoms. The summed E-state index contributed by atoms with van der Waals surface area (Å²) in [6.07, 6.45) is 0. The first-order valence-electron chi connectivity index (χ1n) is 7.32. The topological polar surface area (TPSA) is 106 Å². The maximum atomic E-state index is 13.8. The maximum absolute atomic E-state index is 13.8. The minimum atomic E-state index is -0.657. The van der Waals surface area contributed by atoms with Gasteiger partial charge in [0.25, 0.3) is 5.69 Å². The van der Waals surface area contributed by atoms with Gasteiger partial charge < -0.3 is 5.73 Å². The Hall–Kier alpha value is -3.50. The number of hydrogen-bond acceptors (Lipinski definition) is 5. The number of halogens is 2. The molecular weight excluding hydrogens is 359 g/mol. The van der Waals surface area contributed by atoms with Gasteiger partial charge in [-0.2, -0.15) is 5.26 Å². The minimum Gasteiger partial charge on any atom is -0.383 e. The summed E-state index contributed by atoms with van der Waals surface area (Å²) in [6, 6.07) is 13.5. The van der Waals surface area contributed by atoms with E-state index in [1.807, 2.05) is 6.07 Å². The summed E-state index contributed by atoms with van der Waals surface area (Å²) in [7, 11) is 0. The standard InChI is InChI=1S/C18H10ClFN4O2/c19-14-6-5-10(7-15(14)20)12-8-16(23-18(22)13(12)9-21)11-3-1-2-4-17(11)24(25)26/h1-8H,(H2,22,23). The van der Waals surface area contributed by atoms with Crippen LogP contribution in [0.3, 0.4) is 0 Å². The Labute approximate surface area is 152 Å². The maximum Gasteiger partial charge on any atom is 0.278 e. The molecule has 26 heavy (non-hydrogen) atoms. The molecule has 3 aromatic rings. The molecule has 6 nitrogen and oxygen atoms in total. The highest BCUT2D eigenvalue weighted by molar-refractivity contribution is 6.30. The molecule has 0 spiro atoms. The van der Waals surface area contributed by atoms with Crippen molar-refractivity contribution in [2.24, 2.45) is 0 Å². The van der Waals surface area contributed by atoms with Gasteiger partial charge in [0.05, 0.1) is 21.2 Å². The van der Waals surface area contributed by atoms with E-state index in [1.165, 1.54) is 42.5 Å². The average molecular weight is 369 g/mol. The second kappa shape index (κ2) is 6.78. The number of para-hydroxylation sites is 1. The fourth-order valence-corrected chi connectivity index (χ4v) is 2.68. The molecule has 0 bridgehead atoms. The largest absolute Gasteiger partial charge is 0.383 e. The van der Waals surface area contributed by atoms with E-state index in [0.29, 0.717) is 11.1 Å². The van der Waals surface area contributed by atoms with Crippen molar-refractivity contribution in [3.63, 3.8) is 0 Å². The van der Waals surface area contributed by atoms with Crippen molar-refractivity contribution in [1.82, 2.24) is 4.98 Å². The van der Waals surface area contributed by atoms with Crippen molar-refractivity contribution in [1.29, 1.82) is 5.26 Å². The van der Waals surface area contributed by atoms with Crippen LogP contribution in [0.1, 0.15) is 5.56 Å². The quantitative estimate of drug-likeness (QED) is 0.538. The SMILES string of the molecule is N#Cc1c(-c2ccc(Cl)c(F)c2)cc(-c2ccccc2[N+](=O)[O-])nc1N. The minimum absolute atomic E-state index is 0.0501. The Balaban J connectivity index is 2.29. The molecule has 0 aliphatic heterocycles. The van der Waals surface area contributed by atoms with E-state index in [4.69, 9.17) is 17.3 Å². The number of aromatic nitrogens is 1. The summed E-state index contributed by atoms with van der Waals surface area (Å²) < 4.78 is 13.8. The number of anilines is 1. The number of benzene rings is 2. The number of rotatable bonds is 3. The van der Waals surface area contributed by atoms with Gasteiger partial charge in [-0.3, -0.25) is 10.1 Å². The molecular formula is C18H10ClFN4O2. The third kappa shape index (κ3) is 3.06. The van der Waals surface area contributed by atoms with Gasteiger partial charge in [-0.05, 0) is 29.8 Å². The molecule has 2 aromatic carbocycles. The number of pyridine rings is 1. The number of nitrogens with two attached hydrogens (primary N) is 1. The van der Waals surface area contributed by atoms with Crippen LogP contribution in [0.15, 0.2) is 48.5 Å².